The lowest BCUT2D eigenvalue weighted by molar-refractivity contribution is -0.120. The second-order valence-electron chi connectivity index (χ2n) is 3.13. The number of hydrogen-bond donors (Lipinski definition) is 3. The van der Waals surface area contributed by atoms with Crippen molar-refractivity contribution < 1.29 is 4.79 Å². The summed E-state index contributed by atoms with van der Waals surface area (Å²) in [7, 11) is 1.59. The number of carbonyl (C=O) groups is 1. The van der Waals surface area contributed by atoms with Crippen LogP contribution in [0.2, 0.25) is 5.28 Å². The fourth-order valence-electron chi connectivity index (χ4n) is 1.08. The fourth-order valence-corrected chi connectivity index (χ4v) is 1.24. The van der Waals surface area contributed by atoms with Crippen molar-refractivity contribution >= 4 is 29.4 Å². The Labute approximate surface area is 104 Å². The average molecular weight is 259 g/mol. The van der Waals surface area contributed by atoms with Crippen molar-refractivity contribution in [2.45, 2.75) is 13.3 Å². The number of aromatic nitrogens is 3. The zero-order valence-corrected chi connectivity index (χ0v) is 10.5. The molecule has 8 heteroatoms. The molecule has 0 radical (unpaired) electrons. The van der Waals surface area contributed by atoms with Crippen LogP contribution in [0.25, 0.3) is 0 Å². The zero-order valence-electron chi connectivity index (χ0n) is 9.75. The van der Waals surface area contributed by atoms with Crippen LogP contribution in [0.15, 0.2) is 0 Å². The van der Waals surface area contributed by atoms with Gasteiger partial charge in [0.25, 0.3) is 0 Å². The molecule has 1 rings (SSSR count). The third kappa shape index (κ3) is 4.81. The van der Waals surface area contributed by atoms with Crippen molar-refractivity contribution in [2.24, 2.45) is 0 Å². The molecule has 0 bridgehead atoms. The van der Waals surface area contributed by atoms with Gasteiger partial charge in [-0.1, -0.05) is 0 Å². The average Bonchev–Trinajstić information content (AvgIpc) is 2.28. The first kappa shape index (κ1) is 13.4. The van der Waals surface area contributed by atoms with E-state index >= 15 is 0 Å². The molecule has 1 aromatic rings. The molecule has 0 aromatic carbocycles. The van der Waals surface area contributed by atoms with Crippen molar-refractivity contribution in [3.63, 3.8) is 0 Å². The monoisotopic (exact) mass is 258 g/mol. The standard InChI is InChI=1S/C9H15ClN6O/c1-3-12-8-14-7(10)15-9(16-8)13-5-4-6(17)11-2/h3-5H2,1-2H3,(H,11,17)(H2,12,13,14,15,16). The van der Waals surface area contributed by atoms with E-state index in [1.807, 2.05) is 6.92 Å². The van der Waals surface area contributed by atoms with Gasteiger partial charge < -0.3 is 16.0 Å². The van der Waals surface area contributed by atoms with Gasteiger partial charge in [-0.3, -0.25) is 4.79 Å². The van der Waals surface area contributed by atoms with Crippen LogP contribution in [-0.2, 0) is 4.79 Å². The van der Waals surface area contributed by atoms with E-state index in [9.17, 15) is 4.79 Å². The Balaban J connectivity index is 2.55. The summed E-state index contributed by atoms with van der Waals surface area (Å²) in [6, 6.07) is 0. The number of hydrogen-bond acceptors (Lipinski definition) is 6. The smallest absolute Gasteiger partial charge is 0.228 e. The molecular formula is C9H15ClN6O. The highest BCUT2D eigenvalue weighted by molar-refractivity contribution is 6.28. The summed E-state index contributed by atoms with van der Waals surface area (Å²) in [5, 5.41) is 8.47. The Morgan fingerprint density at radius 1 is 1.24 bits per heavy atom. The molecule has 1 aromatic heterocycles. The zero-order chi connectivity index (χ0) is 12.7. The van der Waals surface area contributed by atoms with E-state index in [0.29, 0.717) is 31.4 Å². The molecule has 0 fully saturated rings. The highest BCUT2D eigenvalue weighted by atomic mass is 35.5. The minimum atomic E-state index is -0.0513. The van der Waals surface area contributed by atoms with E-state index in [4.69, 9.17) is 11.6 Å². The number of anilines is 2. The van der Waals surface area contributed by atoms with Crippen LogP contribution < -0.4 is 16.0 Å². The van der Waals surface area contributed by atoms with Gasteiger partial charge in [-0.25, -0.2) is 0 Å². The molecule has 1 heterocycles. The first-order valence-electron chi connectivity index (χ1n) is 5.25. The first-order valence-corrected chi connectivity index (χ1v) is 5.63. The van der Waals surface area contributed by atoms with Gasteiger partial charge >= 0.3 is 0 Å². The third-order valence-electron chi connectivity index (χ3n) is 1.86. The summed E-state index contributed by atoms with van der Waals surface area (Å²) in [5.74, 6) is 0.712. The highest BCUT2D eigenvalue weighted by Crippen LogP contribution is 2.08. The Morgan fingerprint density at radius 2 is 1.88 bits per heavy atom. The number of nitrogens with zero attached hydrogens (tertiary/aromatic N) is 3. The summed E-state index contributed by atoms with van der Waals surface area (Å²) in [5.41, 5.74) is 0. The van der Waals surface area contributed by atoms with Crippen LogP contribution >= 0.6 is 11.6 Å². The lowest BCUT2D eigenvalue weighted by atomic mass is 10.4. The third-order valence-corrected chi connectivity index (χ3v) is 2.03. The maximum absolute atomic E-state index is 11.0. The minimum absolute atomic E-state index is 0.0513. The molecule has 7 nitrogen and oxygen atoms in total. The maximum atomic E-state index is 11.0. The molecule has 0 spiro atoms. The van der Waals surface area contributed by atoms with Gasteiger partial charge in [0.15, 0.2) is 0 Å². The summed E-state index contributed by atoms with van der Waals surface area (Å²) in [6.45, 7) is 3.06. The maximum Gasteiger partial charge on any atom is 0.228 e. The molecule has 0 aliphatic rings. The summed E-state index contributed by atoms with van der Waals surface area (Å²) in [4.78, 5) is 22.9. The number of amides is 1. The van der Waals surface area contributed by atoms with Gasteiger partial charge in [0.05, 0.1) is 0 Å². The van der Waals surface area contributed by atoms with E-state index in [1.165, 1.54) is 0 Å². The Kier molecular flexibility index (Phi) is 5.41. The minimum Gasteiger partial charge on any atom is -0.359 e. The molecule has 1 amide bonds. The molecule has 3 N–H and O–H groups in total. The molecular weight excluding hydrogens is 244 g/mol. The van der Waals surface area contributed by atoms with Crippen molar-refractivity contribution in [2.75, 3.05) is 30.8 Å². The van der Waals surface area contributed by atoms with Crippen LogP contribution in [0.1, 0.15) is 13.3 Å². The van der Waals surface area contributed by atoms with Gasteiger partial charge in [-0.15, -0.1) is 0 Å². The topological polar surface area (TPSA) is 91.8 Å². The lowest BCUT2D eigenvalue weighted by Gasteiger charge is -2.06. The molecule has 0 saturated carbocycles. The molecule has 0 aliphatic heterocycles. The quantitative estimate of drug-likeness (QED) is 0.688. The number of halogens is 1. The first-order chi connectivity index (χ1) is 8.15. The normalized spacial score (nSPS) is 9.82. The second kappa shape index (κ2) is 6.85. The van der Waals surface area contributed by atoms with Gasteiger partial charge in [0.2, 0.25) is 23.1 Å². The van der Waals surface area contributed by atoms with E-state index in [-0.39, 0.29) is 11.2 Å². The lowest BCUT2D eigenvalue weighted by Crippen LogP contribution is -2.21. The molecule has 0 unspecified atom stereocenters. The van der Waals surface area contributed by atoms with Crippen molar-refractivity contribution in [3.05, 3.63) is 5.28 Å². The van der Waals surface area contributed by atoms with E-state index in [2.05, 4.69) is 30.9 Å². The van der Waals surface area contributed by atoms with Gasteiger partial charge in [0, 0.05) is 26.6 Å². The number of nitrogens with one attached hydrogen (secondary N) is 3. The molecule has 0 aliphatic carbocycles. The van der Waals surface area contributed by atoms with Crippen LogP contribution in [0, 0.1) is 0 Å². The fraction of sp³-hybridized carbons (Fsp3) is 0.556. The van der Waals surface area contributed by atoms with Gasteiger partial charge in [0.1, 0.15) is 0 Å². The molecule has 0 saturated heterocycles. The highest BCUT2D eigenvalue weighted by Gasteiger charge is 2.04. The van der Waals surface area contributed by atoms with Crippen molar-refractivity contribution in [1.29, 1.82) is 0 Å². The SMILES string of the molecule is CCNc1nc(Cl)nc(NCCC(=O)NC)n1. The summed E-state index contributed by atoms with van der Waals surface area (Å²) in [6.07, 6.45) is 0.344. The van der Waals surface area contributed by atoms with Gasteiger partial charge in [-0.2, -0.15) is 15.0 Å². The van der Waals surface area contributed by atoms with Crippen LogP contribution in [-0.4, -0.2) is 41.0 Å². The number of carbonyl (C=O) groups excluding carboxylic acids is 1. The molecule has 0 atom stereocenters. The van der Waals surface area contributed by atoms with Crippen LogP contribution in [0.4, 0.5) is 11.9 Å². The van der Waals surface area contributed by atoms with E-state index in [0.717, 1.165) is 0 Å². The Morgan fingerprint density at radius 3 is 2.47 bits per heavy atom. The summed E-state index contributed by atoms with van der Waals surface area (Å²) >= 11 is 5.73. The van der Waals surface area contributed by atoms with E-state index < -0.39 is 0 Å². The Hall–Kier alpha value is -1.63. The van der Waals surface area contributed by atoms with Crippen molar-refractivity contribution in [1.82, 2.24) is 20.3 Å². The number of rotatable bonds is 6. The van der Waals surface area contributed by atoms with E-state index in [1.54, 1.807) is 7.05 Å². The molecule has 94 valence electrons. The molecule has 17 heavy (non-hydrogen) atoms. The predicted octanol–water partition coefficient (Wildman–Crippen LogP) is 0.505. The largest absolute Gasteiger partial charge is 0.359 e. The predicted molar refractivity (Wildman–Crippen MR) is 66.2 cm³/mol. The van der Waals surface area contributed by atoms with Crippen LogP contribution in [0.3, 0.4) is 0 Å². The second-order valence-corrected chi connectivity index (χ2v) is 3.47. The van der Waals surface area contributed by atoms with Crippen molar-refractivity contribution in [3.8, 4) is 0 Å². The Bertz CT molecular complexity index is 386. The van der Waals surface area contributed by atoms with Crippen LogP contribution in [0.5, 0.6) is 0 Å². The summed E-state index contributed by atoms with van der Waals surface area (Å²) < 4.78 is 0. The van der Waals surface area contributed by atoms with Gasteiger partial charge in [-0.05, 0) is 18.5 Å².